The highest BCUT2D eigenvalue weighted by atomic mass is 35.5. The average Bonchev–Trinajstić information content (AvgIpc) is 2.59. The van der Waals surface area contributed by atoms with E-state index in [2.05, 4.69) is 5.32 Å². The first-order valence-corrected chi connectivity index (χ1v) is 10.7. The van der Waals surface area contributed by atoms with Gasteiger partial charge in [0.25, 0.3) is 0 Å². The van der Waals surface area contributed by atoms with Gasteiger partial charge in [-0.2, -0.15) is 0 Å². The predicted molar refractivity (Wildman–Crippen MR) is 109 cm³/mol. The standard InChI is InChI=1S/C19H23ClN2O4S/c1-5-26-18-9-7-6-8-17(18)21-19(23)14(3)22(27(4,24)25)15-11-10-13(2)16(20)12-15/h6-12,14H,5H2,1-4H3,(H,21,23)/t14-/m1/s1. The molecule has 0 aliphatic carbocycles. The molecule has 1 N–H and O–H groups in total. The fourth-order valence-electron chi connectivity index (χ4n) is 2.62. The van der Waals surface area contributed by atoms with Crippen LogP contribution < -0.4 is 14.4 Å². The number of hydrogen-bond donors (Lipinski definition) is 1. The zero-order valence-electron chi connectivity index (χ0n) is 15.7. The number of nitrogens with one attached hydrogen (secondary N) is 1. The molecule has 0 aliphatic heterocycles. The van der Waals surface area contributed by atoms with Gasteiger partial charge in [-0.15, -0.1) is 0 Å². The zero-order chi connectivity index (χ0) is 20.2. The third-order valence-electron chi connectivity index (χ3n) is 3.94. The van der Waals surface area contributed by atoms with Crippen molar-refractivity contribution in [1.82, 2.24) is 0 Å². The van der Waals surface area contributed by atoms with E-state index in [1.54, 1.807) is 36.4 Å². The number of ether oxygens (including phenoxy) is 1. The van der Waals surface area contributed by atoms with Gasteiger partial charge in [-0.3, -0.25) is 9.10 Å². The van der Waals surface area contributed by atoms with Crippen LogP contribution in [0, 0.1) is 6.92 Å². The Morgan fingerprint density at radius 2 is 1.93 bits per heavy atom. The van der Waals surface area contributed by atoms with E-state index in [-0.39, 0.29) is 0 Å². The molecule has 0 saturated heterocycles. The molecule has 0 saturated carbocycles. The minimum Gasteiger partial charge on any atom is -0.492 e. The fourth-order valence-corrected chi connectivity index (χ4v) is 3.96. The van der Waals surface area contributed by atoms with Gasteiger partial charge in [0.05, 0.1) is 24.2 Å². The molecular formula is C19H23ClN2O4S. The first-order chi connectivity index (χ1) is 12.6. The fraction of sp³-hybridized carbons (Fsp3) is 0.316. The summed E-state index contributed by atoms with van der Waals surface area (Å²) < 4.78 is 31.3. The van der Waals surface area contributed by atoms with E-state index in [0.717, 1.165) is 16.1 Å². The highest BCUT2D eigenvalue weighted by Gasteiger charge is 2.29. The van der Waals surface area contributed by atoms with Crippen molar-refractivity contribution >= 4 is 38.9 Å². The van der Waals surface area contributed by atoms with Gasteiger partial charge in [-0.25, -0.2) is 8.42 Å². The highest BCUT2D eigenvalue weighted by molar-refractivity contribution is 7.92. The number of carbonyl (C=O) groups excluding carboxylic acids is 1. The Bertz CT molecular complexity index is 931. The number of anilines is 2. The van der Waals surface area contributed by atoms with Gasteiger partial charge in [0.2, 0.25) is 15.9 Å². The van der Waals surface area contributed by atoms with Crippen molar-refractivity contribution in [1.29, 1.82) is 0 Å². The maximum atomic E-state index is 12.8. The van der Waals surface area contributed by atoms with Gasteiger partial charge in [-0.1, -0.05) is 29.8 Å². The first-order valence-electron chi connectivity index (χ1n) is 8.43. The number of aryl methyl sites for hydroxylation is 1. The summed E-state index contributed by atoms with van der Waals surface area (Å²) in [6.07, 6.45) is 1.05. The van der Waals surface area contributed by atoms with Crippen LogP contribution in [-0.2, 0) is 14.8 Å². The van der Waals surface area contributed by atoms with Crippen molar-refractivity contribution in [3.63, 3.8) is 0 Å². The van der Waals surface area contributed by atoms with Crippen LogP contribution in [0.2, 0.25) is 5.02 Å². The van der Waals surface area contributed by atoms with Crippen molar-refractivity contribution < 1.29 is 17.9 Å². The molecule has 2 aromatic rings. The minimum atomic E-state index is -3.72. The monoisotopic (exact) mass is 410 g/mol. The van der Waals surface area contributed by atoms with E-state index in [4.69, 9.17) is 16.3 Å². The van der Waals surface area contributed by atoms with E-state index in [0.29, 0.717) is 28.8 Å². The second-order valence-electron chi connectivity index (χ2n) is 6.09. The summed E-state index contributed by atoms with van der Waals surface area (Å²) in [5.74, 6) is 0.0362. The number of nitrogens with zero attached hydrogens (tertiary/aromatic N) is 1. The van der Waals surface area contributed by atoms with Gasteiger partial charge < -0.3 is 10.1 Å². The molecule has 0 bridgehead atoms. The molecule has 1 atom stereocenters. The zero-order valence-corrected chi connectivity index (χ0v) is 17.3. The van der Waals surface area contributed by atoms with E-state index in [9.17, 15) is 13.2 Å². The molecule has 0 heterocycles. The van der Waals surface area contributed by atoms with Gasteiger partial charge in [0, 0.05) is 5.02 Å². The summed E-state index contributed by atoms with van der Waals surface area (Å²) in [5, 5.41) is 3.17. The Hall–Kier alpha value is -2.25. The molecule has 0 radical (unpaired) electrons. The van der Waals surface area contributed by atoms with Gasteiger partial charge in [0.1, 0.15) is 11.8 Å². The van der Waals surface area contributed by atoms with E-state index >= 15 is 0 Å². The maximum absolute atomic E-state index is 12.8. The Kier molecular flexibility index (Phi) is 6.73. The Labute approximate surface area is 165 Å². The Morgan fingerprint density at radius 1 is 1.26 bits per heavy atom. The van der Waals surface area contributed by atoms with Gasteiger partial charge in [0.15, 0.2) is 0 Å². The topological polar surface area (TPSA) is 75.7 Å². The maximum Gasteiger partial charge on any atom is 0.248 e. The number of rotatable bonds is 7. The molecule has 2 rings (SSSR count). The lowest BCUT2D eigenvalue weighted by Crippen LogP contribution is -2.45. The van der Waals surface area contributed by atoms with Crippen LogP contribution in [0.3, 0.4) is 0 Å². The summed E-state index contributed by atoms with van der Waals surface area (Å²) in [4.78, 5) is 12.8. The van der Waals surface area contributed by atoms with Gasteiger partial charge in [-0.05, 0) is 50.6 Å². The van der Waals surface area contributed by atoms with Crippen LogP contribution in [0.15, 0.2) is 42.5 Å². The number of para-hydroxylation sites is 2. The molecule has 0 unspecified atom stereocenters. The second-order valence-corrected chi connectivity index (χ2v) is 8.35. The van der Waals surface area contributed by atoms with Crippen molar-refractivity contribution in [3.05, 3.63) is 53.1 Å². The van der Waals surface area contributed by atoms with E-state index in [1.807, 2.05) is 13.8 Å². The molecule has 1 amide bonds. The summed E-state index contributed by atoms with van der Waals surface area (Å²) in [5.41, 5.74) is 1.62. The molecule has 0 fully saturated rings. The largest absolute Gasteiger partial charge is 0.492 e. The van der Waals surface area contributed by atoms with Crippen molar-refractivity contribution in [2.24, 2.45) is 0 Å². The third kappa shape index (κ3) is 5.14. The SMILES string of the molecule is CCOc1ccccc1NC(=O)[C@@H](C)N(c1ccc(C)c(Cl)c1)S(C)(=O)=O. The molecular weight excluding hydrogens is 388 g/mol. The summed E-state index contributed by atoms with van der Waals surface area (Å²) in [6, 6.07) is 10.9. The smallest absolute Gasteiger partial charge is 0.248 e. The summed E-state index contributed by atoms with van der Waals surface area (Å²) in [6.45, 7) is 5.62. The van der Waals surface area contributed by atoms with Crippen molar-refractivity contribution in [2.45, 2.75) is 26.8 Å². The minimum absolute atomic E-state index is 0.328. The van der Waals surface area contributed by atoms with E-state index < -0.39 is 22.0 Å². The highest BCUT2D eigenvalue weighted by Crippen LogP contribution is 2.28. The number of halogens is 1. The number of amides is 1. The molecule has 0 spiro atoms. The summed E-state index contributed by atoms with van der Waals surface area (Å²) in [7, 11) is -3.72. The molecule has 6 nitrogen and oxygen atoms in total. The quantitative estimate of drug-likeness (QED) is 0.752. The lowest BCUT2D eigenvalue weighted by Gasteiger charge is -2.28. The van der Waals surface area contributed by atoms with Crippen molar-refractivity contribution in [3.8, 4) is 5.75 Å². The normalized spacial score (nSPS) is 12.3. The first kappa shape index (κ1) is 21.1. The van der Waals surface area contributed by atoms with Crippen LogP contribution in [0.25, 0.3) is 0 Å². The van der Waals surface area contributed by atoms with Crippen LogP contribution >= 0.6 is 11.6 Å². The number of carbonyl (C=O) groups is 1. The van der Waals surface area contributed by atoms with Crippen LogP contribution in [0.4, 0.5) is 11.4 Å². The Balaban J connectivity index is 2.34. The van der Waals surface area contributed by atoms with Crippen LogP contribution in [0.1, 0.15) is 19.4 Å². The van der Waals surface area contributed by atoms with Crippen molar-refractivity contribution in [2.75, 3.05) is 22.5 Å². The lowest BCUT2D eigenvalue weighted by molar-refractivity contribution is -0.116. The molecule has 27 heavy (non-hydrogen) atoms. The molecule has 146 valence electrons. The number of benzene rings is 2. The molecule has 8 heteroatoms. The molecule has 0 aromatic heterocycles. The molecule has 2 aromatic carbocycles. The number of sulfonamides is 1. The third-order valence-corrected chi connectivity index (χ3v) is 5.59. The predicted octanol–water partition coefficient (Wildman–Crippen LogP) is 3.84. The van der Waals surface area contributed by atoms with Crippen LogP contribution in [-0.4, -0.2) is 33.2 Å². The lowest BCUT2D eigenvalue weighted by atomic mass is 10.2. The van der Waals surface area contributed by atoms with E-state index in [1.165, 1.54) is 13.0 Å². The Morgan fingerprint density at radius 3 is 2.52 bits per heavy atom. The van der Waals surface area contributed by atoms with Gasteiger partial charge >= 0.3 is 0 Å². The summed E-state index contributed by atoms with van der Waals surface area (Å²) >= 11 is 6.14. The number of hydrogen-bond acceptors (Lipinski definition) is 4. The second kappa shape index (κ2) is 8.63. The molecule has 0 aliphatic rings. The average molecular weight is 411 g/mol. The van der Waals surface area contributed by atoms with Crippen LogP contribution in [0.5, 0.6) is 5.75 Å².